The van der Waals surface area contributed by atoms with Crippen LogP contribution in [-0.2, 0) is 11.3 Å². The van der Waals surface area contributed by atoms with Crippen LogP contribution in [0.2, 0.25) is 0 Å². The van der Waals surface area contributed by atoms with E-state index in [1.165, 1.54) is 0 Å². The summed E-state index contributed by atoms with van der Waals surface area (Å²) in [5.41, 5.74) is 2.15. The Hall–Kier alpha value is -3.29. The van der Waals surface area contributed by atoms with Crippen LogP contribution in [0.3, 0.4) is 0 Å². The van der Waals surface area contributed by atoms with Gasteiger partial charge in [-0.25, -0.2) is 9.18 Å². The number of hydrogen-bond acceptors (Lipinski definition) is 5. The molecule has 2 amide bonds. The lowest BCUT2D eigenvalue weighted by Gasteiger charge is -2.39. The van der Waals surface area contributed by atoms with Crippen molar-refractivity contribution >= 4 is 12.0 Å². The van der Waals surface area contributed by atoms with E-state index in [-0.39, 0.29) is 30.4 Å². The van der Waals surface area contributed by atoms with Crippen molar-refractivity contribution < 1.29 is 28.2 Å². The number of nitrogens with zero attached hydrogens (tertiary/aromatic N) is 1. The number of hydrogen-bond donors (Lipinski definition) is 1. The van der Waals surface area contributed by atoms with Crippen LogP contribution in [0.5, 0.6) is 11.5 Å². The SMILES string of the molecule is CC(C)(C)OC(=O)N1CCC(c2ccc(OCCF)cc2)C(COc2ccc3c(c2)C(=O)NC3)C1. The molecule has 2 heterocycles. The standard InChI is InChI=1S/C27H33FN2O5/c1-27(2,3)35-26(32)30-12-10-23(18-4-7-21(8-5-18)33-13-11-28)20(16-30)17-34-22-9-6-19-15-29-25(31)24(19)14-22/h4-9,14,20,23H,10-13,15-17H2,1-3H3,(H,29,31). The summed E-state index contributed by atoms with van der Waals surface area (Å²) in [5, 5.41) is 2.82. The summed E-state index contributed by atoms with van der Waals surface area (Å²) in [4.78, 5) is 26.5. The number of alkyl halides is 1. The fourth-order valence-corrected chi connectivity index (χ4v) is 4.58. The molecule has 0 aromatic heterocycles. The third-order valence-electron chi connectivity index (χ3n) is 6.27. The van der Waals surface area contributed by atoms with E-state index in [1.807, 2.05) is 57.2 Å². The second-order valence-electron chi connectivity index (χ2n) is 10.0. The van der Waals surface area contributed by atoms with E-state index in [1.54, 1.807) is 11.0 Å². The van der Waals surface area contributed by atoms with E-state index in [2.05, 4.69) is 5.32 Å². The third-order valence-corrected chi connectivity index (χ3v) is 6.27. The Bertz CT molecular complexity index is 1050. The van der Waals surface area contributed by atoms with Gasteiger partial charge in [0.1, 0.15) is 30.4 Å². The molecule has 1 fully saturated rings. The maximum absolute atomic E-state index is 12.8. The average molecular weight is 485 g/mol. The second-order valence-corrected chi connectivity index (χ2v) is 10.0. The minimum atomic E-state index is -0.569. The highest BCUT2D eigenvalue weighted by Crippen LogP contribution is 2.35. The molecule has 2 aliphatic rings. The number of carbonyl (C=O) groups is 2. The van der Waals surface area contributed by atoms with Gasteiger partial charge in [0.2, 0.25) is 0 Å². The monoisotopic (exact) mass is 484 g/mol. The normalized spacial score (nSPS) is 19.7. The lowest BCUT2D eigenvalue weighted by molar-refractivity contribution is 0.0111. The topological polar surface area (TPSA) is 77.1 Å². The molecule has 8 heteroatoms. The second kappa shape index (κ2) is 10.5. The number of piperidine rings is 1. The highest BCUT2D eigenvalue weighted by Gasteiger charge is 2.35. The molecule has 0 saturated carbocycles. The molecule has 0 bridgehead atoms. The number of nitrogens with one attached hydrogen (secondary N) is 1. The number of halogens is 1. The minimum absolute atomic E-state index is 0.0101. The van der Waals surface area contributed by atoms with Gasteiger partial charge in [-0.1, -0.05) is 18.2 Å². The summed E-state index contributed by atoms with van der Waals surface area (Å²) in [7, 11) is 0. The first-order valence-electron chi connectivity index (χ1n) is 12.0. The highest BCUT2D eigenvalue weighted by molar-refractivity contribution is 5.98. The van der Waals surface area contributed by atoms with Gasteiger partial charge in [0.05, 0.1) is 6.61 Å². The number of ether oxygens (including phenoxy) is 3. The molecule has 0 spiro atoms. The van der Waals surface area contributed by atoms with Crippen LogP contribution < -0.4 is 14.8 Å². The van der Waals surface area contributed by atoms with Crippen molar-refractivity contribution in [1.82, 2.24) is 10.2 Å². The van der Waals surface area contributed by atoms with Crippen molar-refractivity contribution in [3.05, 3.63) is 59.2 Å². The molecule has 1 saturated heterocycles. The van der Waals surface area contributed by atoms with Gasteiger partial charge in [-0.2, -0.15) is 0 Å². The van der Waals surface area contributed by atoms with Crippen molar-refractivity contribution in [3.63, 3.8) is 0 Å². The van der Waals surface area contributed by atoms with Crippen LogP contribution in [0.15, 0.2) is 42.5 Å². The zero-order chi connectivity index (χ0) is 25.0. The molecule has 0 radical (unpaired) electrons. The molecule has 0 aliphatic carbocycles. The Labute approximate surface area is 205 Å². The molecule has 2 aromatic rings. The quantitative estimate of drug-likeness (QED) is 0.617. The maximum atomic E-state index is 12.8. The largest absolute Gasteiger partial charge is 0.493 e. The number of benzene rings is 2. The first kappa shape index (κ1) is 24.8. The Balaban J connectivity index is 1.49. The van der Waals surface area contributed by atoms with Gasteiger partial charge in [-0.3, -0.25) is 4.79 Å². The lowest BCUT2D eigenvalue weighted by atomic mass is 9.81. The molecule has 4 rings (SSSR count). The molecule has 2 aromatic carbocycles. The van der Waals surface area contributed by atoms with Crippen molar-refractivity contribution in [2.45, 2.75) is 45.3 Å². The molecule has 2 atom stereocenters. The van der Waals surface area contributed by atoms with Crippen molar-refractivity contribution in [2.24, 2.45) is 5.92 Å². The number of likely N-dealkylation sites (tertiary alicyclic amines) is 1. The summed E-state index contributed by atoms with van der Waals surface area (Å²) >= 11 is 0. The number of amides is 2. The molecular weight excluding hydrogens is 451 g/mol. The molecule has 188 valence electrons. The van der Waals surface area contributed by atoms with Crippen LogP contribution >= 0.6 is 0 Å². The summed E-state index contributed by atoms with van der Waals surface area (Å²) in [6, 6.07) is 13.2. The first-order chi connectivity index (χ1) is 16.7. The van der Waals surface area contributed by atoms with Gasteiger partial charge in [0, 0.05) is 31.1 Å². The van der Waals surface area contributed by atoms with Crippen molar-refractivity contribution in [2.75, 3.05) is 33.0 Å². The molecule has 1 N–H and O–H groups in total. The fourth-order valence-electron chi connectivity index (χ4n) is 4.58. The van der Waals surface area contributed by atoms with Crippen molar-refractivity contribution in [3.8, 4) is 11.5 Å². The van der Waals surface area contributed by atoms with E-state index < -0.39 is 12.3 Å². The van der Waals surface area contributed by atoms with Gasteiger partial charge in [0.15, 0.2) is 0 Å². The molecule has 2 unspecified atom stereocenters. The van der Waals surface area contributed by atoms with E-state index in [4.69, 9.17) is 14.2 Å². The molecular formula is C27H33FN2O5. The number of fused-ring (bicyclic) bond motifs is 1. The Morgan fingerprint density at radius 1 is 1.11 bits per heavy atom. The Kier molecular flexibility index (Phi) is 7.48. The Morgan fingerprint density at radius 2 is 1.86 bits per heavy atom. The predicted molar refractivity (Wildman–Crippen MR) is 130 cm³/mol. The maximum Gasteiger partial charge on any atom is 0.410 e. The van der Waals surface area contributed by atoms with E-state index >= 15 is 0 Å². The highest BCUT2D eigenvalue weighted by atomic mass is 19.1. The third kappa shape index (κ3) is 6.24. The van der Waals surface area contributed by atoms with Gasteiger partial charge < -0.3 is 24.4 Å². The van der Waals surface area contributed by atoms with Gasteiger partial charge in [0.25, 0.3) is 5.91 Å². The Morgan fingerprint density at radius 3 is 2.57 bits per heavy atom. The summed E-state index contributed by atoms with van der Waals surface area (Å²) in [6.07, 6.45) is 0.426. The summed E-state index contributed by atoms with van der Waals surface area (Å²) < 4.78 is 29.5. The van der Waals surface area contributed by atoms with Crippen LogP contribution in [0.4, 0.5) is 9.18 Å². The predicted octanol–water partition coefficient (Wildman–Crippen LogP) is 4.70. The van der Waals surface area contributed by atoms with Gasteiger partial charge in [-0.15, -0.1) is 0 Å². The fraction of sp³-hybridized carbons (Fsp3) is 0.481. The summed E-state index contributed by atoms with van der Waals surface area (Å²) in [6.45, 7) is 7.05. The van der Waals surface area contributed by atoms with E-state index in [0.29, 0.717) is 43.3 Å². The van der Waals surface area contributed by atoms with Crippen molar-refractivity contribution in [1.29, 1.82) is 0 Å². The van der Waals surface area contributed by atoms with E-state index in [0.717, 1.165) is 17.5 Å². The zero-order valence-electron chi connectivity index (χ0n) is 20.5. The average Bonchev–Trinajstić information content (AvgIpc) is 3.20. The summed E-state index contributed by atoms with van der Waals surface area (Å²) in [5.74, 6) is 1.33. The van der Waals surface area contributed by atoms with Crippen LogP contribution in [0.1, 0.15) is 54.6 Å². The number of rotatable bonds is 7. The van der Waals surface area contributed by atoms with Crippen LogP contribution in [-0.4, -0.2) is 55.5 Å². The lowest BCUT2D eigenvalue weighted by Crippen LogP contribution is -2.46. The first-order valence-corrected chi connectivity index (χ1v) is 12.0. The van der Waals surface area contributed by atoms with Gasteiger partial charge >= 0.3 is 6.09 Å². The zero-order valence-corrected chi connectivity index (χ0v) is 20.5. The molecule has 35 heavy (non-hydrogen) atoms. The molecule has 7 nitrogen and oxygen atoms in total. The number of carbonyl (C=O) groups excluding carboxylic acids is 2. The van der Waals surface area contributed by atoms with Crippen LogP contribution in [0.25, 0.3) is 0 Å². The smallest absolute Gasteiger partial charge is 0.410 e. The van der Waals surface area contributed by atoms with E-state index in [9.17, 15) is 14.0 Å². The van der Waals surface area contributed by atoms with Gasteiger partial charge in [-0.05, 0) is 68.5 Å². The minimum Gasteiger partial charge on any atom is -0.493 e. The van der Waals surface area contributed by atoms with Crippen LogP contribution in [0, 0.1) is 5.92 Å². The molecule has 2 aliphatic heterocycles.